The molecule has 6 nitrogen and oxygen atoms in total. The standard InChI is InChI=1S/C21H24N4O2/c26-20-8-7-17(13-21(20)27)14-22-11-12-25(15-18-5-1-3-9-23-18)16-19-6-2-4-10-24-19/h1-10,13,22,26-27H,11-12,14-16H2. The lowest BCUT2D eigenvalue weighted by molar-refractivity contribution is 0.250. The minimum absolute atomic E-state index is 0.0961. The van der Waals surface area contributed by atoms with Crippen LogP contribution in [0.5, 0.6) is 11.5 Å². The second-order valence-corrected chi connectivity index (χ2v) is 6.35. The zero-order valence-corrected chi connectivity index (χ0v) is 15.1. The number of pyridine rings is 2. The molecule has 6 heteroatoms. The van der Waals surface area contributed by atoms with E-state index in [1.54, 1.807) is 12.1 Å². The molecule has 0 spiro atoms. The molecule has 3 rings (SSSR count). The van der Waals surface area contributed by atoms with Gasteiger partial charge in [0.25, 0.3) is 0 Å². The third kappa shape index (κ3) is 6.06. The van der Waals surface area contributed by atoms with Crippen LogP contribution in [0, 0.1) is 0 Å². The molecule has 0 fully saturated rings. The fourth-order valence-corrected chi connectivity index (χ4v) is 2.80. The zero-order valence-electron chi connectivity index (χ0n) is 15.1. The van der Waals surface area contributed by atoms with Crippen LogP contribution < -0.4 is 5.32 Å². The van der Waals surface area contributed by atoms with E-state index in [-0.39, 0.29) is 11.5 Å². The highest BCUT2D eigenvalue weighted by Gasteiger charge is 2.09. The van der Waals surface area contributed by atoms with Crippen molar-refractivity contribution in [1.82, 2.24) is 20.2 Å². The Bertz CT molecular complexity index is 787. The van der Waals surface area contributed by atoms with Gasteiger partial charge in [-0.3, -0.25) is 14.9 Å². The van der Waals surface area contributed by atoms with Crippen LogP contribution in [0.15, 0.2) is 67.0 Å². The summed E-state index contributed by atoms with van der Waals surface area (Å²) in [5, 5.41) is 22.3. The molecule has 0 saturated carbocycles. The molecule has 0 bridgehead atoms. The van der Waals surface area contributed by atoms with Crippen molar-refractivity contribution in [3.8, 4) is 11.5 Å². The number of benzene rings is 1. The molecule has 27 heavy (non-hydrogen) atoms. The first kappa shape index (κ1) is 18.8. The van der Waals surface area contributed by atoms with Crippen LogP contribution in [0.4, 0.5) is 0 Å². The Balaban J connectivity index is 1.54. The molecule has 3 aromatic rings. The Morgan fingerprint density at radius 1 is 0.815 bits per heavy atom. The van der Waals surface area contributed by atoms with E-state index < -0.39 is 0 Å². The maximum absolute atomic E-state index is 9.57. The number of aromatic nitrogens is 2. The van der Waals surface area contributed by atoms with Crippen molar-refractivity contribution in [1.29, 1.82) is 0 Å². The highest BCUT2D eigenvalue weighted by molar-refractivity contribution is 5.40. The van der Waals surface area contributed by atoms with Gasteiger partial charge in [-0.05, 0) is 42.0 Å². The van der Waals surface area contributed by atoms with Gasteiger partial charge in [-0.15, -0.1) is 0 Å². The van der Waals surface area contributed by atoms with E-state index >= 15 is 0 Å². The summed E-state index contributed by atoms with van der Waals surface area (Å²) in [6, 6.07) is 16.7. The molecule has 2 heterocycles. The Morgan fingerprint density at radius 2 is 1.48 bits per heavy atom. The molecule has 0 aliphatic rings. The lowest BCUT2D eigenvalue weighted by Crippen LogP contribution is -2.31. The number of nitrogens with zero attached hydrogens (tertiary/aromatic N) is 3. The summed E-state index contributed by atoms with van der Waals surface area (Å²) in [5.41, 5.74) is 2.97. The predicted octanol–water partition coefficient (Wildman–Crippen LogP) is 2.68. The third-order valence-electron chi connectivity index (χ3n) is 4.20. The molecule has 0 atom stereocenters. The summed E-state index contributed by atoms with van der Waals surface area (Å²) < 4.78 is 0. The molecular formula is C21H24N4O2. The highest BCUT2D eigenvalue weighted by atomic mass is 16.3. The molecular weight excluding hydrogens is 340 g/mol. The van der Waals surface area contributed by atoms with Gasteiger partial charge in [-0.2, -0.15) is 0 Å². The second kappa shape index (κ2) is 9.66. The van der Waals surface area contributed by atoms with Gasteiger partial charge >= 0.3 is 0 Å². The van der Waals surface area contributed by atoms with Crippen molar-refractivity contribution < 1.29 is 10.2 Å². The van der Waals surface area contributed by atoms with E-state index in [0.717, 1.165) is 43.1 Å². The minimum atomic E-state index is -0.101. The summed E-state index contributed by atoms with van der Waals surface area (Å²) in [6.45, 7) is 3.73. The van der Waals surface area contributed by atoms with Gasteiger partial charge in [0.1, 0.15) is 0 Å². The van der Waals surface area contributed by atoms with Crippen LogP contribution in [-0.2, 0) is 19.6 Å². The molecule has 0 radical (unpaired) electrons. The molecule has 1 aromatic carbocycles. The number of nitrogens with one attached hydrogen (secondary N) is 1. The van der Waals surface area contributed by atoms with Crippen molar-refractivity contribution in [2.24, 2.45) is 0 Å². The summed E-state index contributed by atoms with van der Waals surface area (Å²) in [4.78, 5) is 11.1. The number of rotatable bonds is 9. The number of phenolic OH excluding ortho intramolecular Hbond substituents is 2. The maximum atomic E-state index is 9.57. The molecule has 2 aromatic heterocycles. The van der Waals surface area contributed by atoms with Crippen molar-refractivity contribution in [2.75, 3.05) is 13.1 Å². The third-order valence-corrected chi connectivity index (χ3v) is 4.20. The first-order chi connectivity index (χ1) is 13.2. The van der Waals surface area contributed by atoms with E-state index in [4.69, 9.17) is 0 Å². The smallest absolute Gasteiger partial charge is 0.157 e. The molecule has 0 saturated heterocycles. The molecule has 0 amide bonds. The summed E-state index contributed by atoms with van der Waals surface area (Å²) >= 11 is 0. The first-order valence-corrected chi connectivity index (χ1v) is 8.94. The molecule has 3 N–H and O–H groups in total. The number of aromatic hydroxyl groups is 2. The Labute approximate surface area is 159 Å². The van der Waals surface area contributed by atoms with Gasteiger partial charge in [0, 0.05) is 45.1 Å². The minimum Gasteiger partial charge on any atom is -0.504 e. The average Bonchev–Trinajstić information content (AvgIpc) is 2.69. The Hall–Kier alpha value is -2.96. The topological polar surface area (TPSA) is 81.5 Å². The van der Waals surface area contributed by atoms with E-state index in [1.807, 2.05) is 48.8 Å². The summed E-state index contributed by atoms with van der Waals surface area (Å²) in [5.74, 6) is -0.197. The van der Waals surface area contributed by atoms with Crippen LogP contribution in [-0.4, -0.2) is 38.2 Å². The van der Waals surface area contributed by atoms with Crippen LogP contribution in [0.3, 0.4) is 0 Å². The fraction of sp³-hybridized carbons (Fsp3) is 0.238. The zero-order chi connectivity index (χ0) is 18.9. The van der Waals surface area contributed by atoms with E-state index in [9.17, 15) is 10.2 Å². The van der Waals surface area contributed by atoms with Crippen molar-refractivity contribution >= 4 is 0 Å². The quantitative estimate of drug-likeness (QED) is 0.400. The molecule has 0 aliphatic carbocycles. The number of phenols is 2. The van der Waals surface area contributed by atoms with Gasteiger partial charge < -0.3 is 15.5 Å². The molecule has 140 valence electrons. The van der Waals surface area contributed by atoms with Crippen LogP contribution in [0.1, 0.15) is 17.0 Å². The largest absolute Gasteiger partial charge is 0.504 e. The average molecular weight is 364 g/mol. The monoisotopic (exact) mass is 364 g/mol. The maximum Gasteiger partial charge on any atom is 0.157 e. The van der Waals surface area contributed by atoms with E-state index in [2.05, 4.69) is 20.2 Å². The van der Waals surface area contributed by atoms with E-state index in [0.29, 0.717) is 6.54 Å². The van der Waals surface area contributed by atoms with Crippen molar-refractivity contribution in [2.45, 2.75) is 19.6 Å². The molecule has 0 aliphatic heterocycles. The van der Waals surface area contributed by atoms with Gasteiger partial charge in [0.2, 0.25) is 0 Å². The number of hydrogen-bond acceptors (Lipinski definition) is 6. The fourth-order valence-electron chi connectivity index (χ4n) is 2.80. The van der Waals surface area contributed by atoms with Crippen molar-refractivity contribution in [3.05, 3.63) is 83.9 Å². The lowest BCUT2D eigenvalue weighted by atomic mass is 10.2. The molecule has 0 unspecified atom stereocenters. The highest BCUT2D eigenvalue weighted by Crippen LogP contribution is 2.24. The van der Waals surface area contributed by atoms with E-state index in [1.165, 1.54) is 6.07 Å². The van der Waals surface area contributed by atoms with Crippen molar-refractivity contribution in [3.63, 3.8) is 0 Å². The Kier molecular flexibility index (Phi) is 6.73. The van der Waals surface area contributed by atoms with Gasteiger partial charge in [0.15, 0.2) is 11.5 Å². The summed E-state index contributed by atoms with van der Waals surface area (Å²) in [7, 11) is 0. The van der Waals surface area contributed by atoms with Crippen LogP contribution in [0.2, 0.25) is 0 Å². The second-order valence-electron chi connectivity index (χ2n) is 6.35. The van der Waals surface area contributed by atoms with Crippen LogP contribution in [0.25, 0.3) is 0 Å². The van der Waals surface area contributed by atoms with Gasteiger partial charge in [-0.25, -0.2) is 0 Å². The summed E-state index contributed by atoms with van der Waals surface area (Å²) in [6.07, 6.45) is 3.62. The normalized spacial score (nSPS) is 11.0. The Morgan fingerprint density at radius 3 is 2.04 bits per heavy atom. The number of hydrogen-bond donors (Lipinski definition) is 3. The van der Waals surface area contributed by atoms with Gasteiger partial charge in [0.05, 0.1) is 11.4 Å². The van der Waals surface area contributed by atoms with Gasteiger partial charge in [-0.1, -0.05) is 18.2 Å². The SMILES string of the molecule is Oc1ccc(CNCCN(Cc2ccccn2)Cc2ccccn2)cc1O. The lowest BCUT2D eigenvalue weighted by Gasteiger charge is -2.22. The first-order valence-electron chi connectivity index (χ1n) is 8.94. The van der Waals surface area contributed by atoms with Crippen LogP contribution >= 0.6 is 0 Å². The predicted molar refractivity (Wildman–Crippen MR) is 104 cm³/mol.